The van der Waals surface area contributed by atoms with E-state index in [1.165, 1.54) is 6.07 Å². The van der Waals surface area contributed by atoms with Gasteiger partial charge in [-0.2, -0.15) is 0 Å². The Morgan fingerprint density at radius 3 is 2.40 bits per heavy atom. The molecule has 1 N–H and O–H groups in total. The van der Waals surface area contributed by atoms with E-state index in [2.05, 4.69) is 4.74 Å². The van der Waals surface area contributed by atoms with Crippen molar-refractivity contribution < 1.29 is 27.8 Å². The van der Waals surface area contributed by atoms with Crippen LogP contribution in [0.4, 0.5) is 13.2 Å². The summed E-state index contributed by atoms with van der Waals surface area (Å²) in [5.41, 5.74) is -0.249. The summed E-state index contributed by atoms with van der Waals surface area (Å²) in [5, 5.41) is 8.59. The first-order chi connectivity index (χ1) is 6.78. The maximum absolute atomic E-state index is 11.8. The number of alkyl halides is 3. The van der Waals surface area contributed by atoms with Crippen LogP contribution in [0, 0.1) is 3.57 Å². The number of hydrogen-bond acceptors (Lipinski definition) is 2. The molecule has 1 rings (SSSR count). The summed E-state index contributed by atoms with van der Waals surface area (Å²) in [6.45, 7) is 0. The highest BCUT2D eigenvalue weighted by Crippen LogP contribution is 2.25. The van der Waals surface area contributed by atoms with Crippen LogP contribution in [0.25, 0.3) is 0 Å². The van der Waals surface area contributed by atoms with Crippen molar-refractivity contribution >= 4 is 28.6 Å². The largest absolute Gasteiger partial charge is 0.573 e. The Kier molecular flexibility index (Phi) is 3.42. The molecular weight excluding hydrogens is 328 g/mol. The van der Waals surface area contributed by atoms with Gasteiger partial charge in [-0.1, -0.05) is 0 Å². The lowest BCUT2D eigenvalue weighted by atomic mass is 10.2. The van der Waals surface area contributed by atoms with E-state index in [-0.39, 0.29) is 5.56 Å². The Balaban J connectivity index is 3.04. The molecule has 1 aromatic rings. The smallest absolute Gasteiger partial charge is 0.478 e. The molecule has 0 radical (unpaired) electrons. The molecule has 0 spiro atoms. The molecule has 1 aromatic carbocycles. The molecule has 0 aliphatic rings. The number of halogens is 4. The minimum atomic E-state index is -4.82. The quantitative estimate of drug-likeness (QED) is 0.848. The van der Waals surface area contributed by atoms with Crippen LogP contribution in [0.15, 0.2) is 18.2 Å². The van der Waals surface area contributed by atoms with E-state index in [4.69, 9.17) is 5.11 Å². The van der Waals surface area contributed by atoms with Crippen molar-refractivity contribution in [3.63, 3.8) is 0 Å². The highest BCUT2D eigenvalue weighted by Gasteiger charge is 2.31. The fourth-order valence-corrected chi connectivity index (χ4v) is 1.52. The molecule has 0 aliphatic heterocycles. The van der Waals surface area contributed by atoms with Crippen molar-refractivity contribution in [3.05, 3.63) is 27.3 Å². The van der Waals surface area contributed by atoms with Crippen molar-refractivity contribution in [2.75, 3.05) is 0 Å². The van der Waals surface area contributed by atoms with Gasteiger partial charge in [0, 0.05) is 3.57 Å². The van der Waals surface area contributed by atoms with E-state index in [9.17, 15) is 18.0 Å². The zero-order valence-corrected chi connectivity index (χ0v) is 9.17. The van der Waals surface area contributed by atoms with Crippen molar-refractivity contribution in [3.8, 4) is 5.75 Å². The van der Waals surface area contributed by atoms with Crippen LogP contribution in [-0.4, -0.2) is 17.4 Å². The molecule has 82 valence electrons. The number of carbonyl (C=O) groups is 1. The standard InChI is InChI=1S/C8H4F3IO3/c9-8(10,11)15-6-2-4(7(13)14)1-5(12)3-6/h1-3H,(H,13,14). The highest BCUT2D eigenvalue weighted by molar-refractivity contribution is 14.1. The summed E-state index contributed by atoms with van der Waals surface area (Å²) in [5.74, 6) is -1.84. The second-order valence-electron chi connectivity index (χ2n) is 2.53. The summed E-state index contributed by atoms with van der Waals surface area (Å²) < 4.78 is 39.5. The van der Waals surface area contributed by atoms with Crippen LogP contribution in [0.2, 0.25) is 0 Å². The first kappa shape index (κ1) is 12.1. The van der Waals surface area contributed by atoms with Crippen LogP contribution in [0.5, 0.6) is 5.75 Å². The van der Waals surface area contributed by atoms with E-state index in [1.54, 1.807) is 22.6 Å². The Hall–Kier alpha value is -0.990. The molecule has 0 aromatic heterocycles. The van der Waals surface area contributed by atoms with Crippen LogP contribution >= 0.6 is 22.6 Å². The van der Waals surface area contributed by atoms with Gasteiger partial charge in [-0.15, -0.1) is 13.2 Å². The molecule has 0 amide bonds. The zero-order chi connectivity index (χ0) is 11.6. The molecule has 3 nitrogen and oxygen atoms in total. The maximum Gasteiger partial charge on any atom is 0.573 e. The first-order valence-corrected chi connectivity index (χ1v) is 4.65. The number of aromatic carboxylic acids is 1. The lowest BCUT2D eigenvalue weighted by Gasteiger charge is -2.09. The molecule has 15 heavy (non-hydrogen) atoms. The SMILES string of the molecule is O=C(O)c1cc(I)cc(OC(F)(F)F)c1. The van der Waals surface area contributed by atoms with Gasteiger partial charge >= 0.3 is 12.3 Å². The number of carboxylic acids is 1. The van der Waals surface area contributed by atoms with E-state index >= 15 is 0 Å². The third-order valence-corrected chi connectivity index (χ3v) is 1.97. The molecule has 7 heteroatoms. The monoisotopic (exact) mass is 332 g/mol. The Bertz CT molecular complexity index is 389. The van der Waals surface area contributed by atoms with Gasteiger partial charge < -0.3 is 9.84 Å². The normalized spacial score (nSPS) is 11.2. The van der Waals surface area contributed by atoms with Crippen LogP contribution in [0.1, 0.15) is 10.4 Å². The van der Waals surface area contributed by atoms with Gasteiger partial charge in [-0.3, -0.25) is 0 Å². The summed E-state index contributed by atoms with van der Waals surface area (Å²) >= 11 is 1.71. The van der Waals surface area contributed by atoms with Gasteiger partial charge in [-0.05, 0) is 40.8 Å². The Morgan fingerprint density at radius 2 is 1.93 bits per heavy atom. The number of benzene rings is 1. The van der Waals surface area contributed by atoms with Crippen molar-refractivity contribution in [2.24, 2.45) is 0 Å². The van der Waals surface area contributed by atoms with Gasteiger partial charge in [0.1, 0.15) is 5.75 Å². The van der Waals surface area contributed by atoms with Gasteiger partial charge in [0.25, 0.3) is 0 Å². The van der Waals surface area contributed by atoms with E-state index < -0.39 is 18.1 Å². The molecular formula is C8H4F3IO3. The van der Waals surface area contributed by atoms with Crippen LogP contribution < -0.4 is 4.74 Å². The second-order valence-corrected chi connectivity index (χ2v) is 3.77. The third kappa shape index (κ3) is 3.94. The maximum atomic E-state index is 11.8. The number of hydrogen-bond donors (Lipinski definition) is 1. The predicted molar refractivity (Wildman–Crippen MR) is 52.8 cm³/mol. The lowest BCUT2D eigenvalue weighted by molar-refractivity contribution is -0.274. The molecule has 0 aliphatic carbocycles. The van der Waals surface area contributed by atoms with Crippen molar-refractivity contribution in [2.45, 2.75) is 6.36 Å². The van der Waals surface area contributed by atoms with E-state index in [0.717, 1.165) is 12.1 Å². The summed E-state index contributed by atoms with van der Waals surface area (Å²) in [6.07, 6.45) is -4.82. The second kappa shape index (κ2) is 4.25. The number of carboxylic acid groups (broad SMARTS) is 1. The summed E-state index contributed by atoms with van der Waals surface area (Å²) in [6, 6.07) is 3.16. The molecule has 0 fully saturated rings. The Labute approximate surface area is 96.0 Å². The van der Waals surface area contributed by atoms with Gasteiger partial charge in [0.15, 0.2) is 0 Å². The highest BCUT2D eigenvalue weighted by atomic mass is 127. The van der Waals surface area contributed by atoms with Crippen LogP contribution in [-0.2, 0) is 0 Å². The Morgan fingerprint density at radius 1 is 1.33 bits per heavy atom. The van der Waals surface area contributed by atoms with E-state index in [1.807, 2.05) is 0 Å². The lowest BCUT2D eigenvalue weighted by Crippen LogP contribution is -2.17. The topological polar surface area (TPSA) is 46.5 Å². The zero-order valence-electron chi connectivity index (χ0n) is 7.01. The molecule has 0 unspecified atom stereocenters. The molecule has 0 atom stereocenters. The van der Waals surface area contributed by atoms with Gasteiger partial charge in [0.2, 0.25) is 0 Å². The van der Waals surface area contributed by atoms with E-state index in [0.29, 0.717) is 3.57 Å². The van der Waals surface area contributed by atoms with Crippen molar-refractivity contribution in [1.82, 2.24) is 0 Å². The van der Waals surface area contributed by atoms with Crippen LogP contribution in [0.3, 0.4) is 0 Å². The minimum absolute atomic E-state index is 0.249. The van der Waals surface area contributed by atoms with Gasteiger partial charge in [0.05, 0.1) is 5.56 Å². The van der Waals surface area contributed by atoms with Crippen molar-refractivity contribution in [1.29, 1.82) is 0 Å². The fraction of sp³-hybridized carbons (Fsp3) is 0.125. The third-order valence-electron chi connectivity index (χ3n) is 1.35. The summed E-state index contributed by atoms with van der Waals surface area (Å²) in [7, 11) is 0. The minimum Gasteiger partial charge on any atom is -0.478 e. The first-order valence-electron chi connectivity index (χ1n) is 3.57. The number of ether oxygens (including phenoxy) is 1. The summed E-state index contributed by atoms with van der Waals surface area (Å²) in [4.78, 5) is 10.5. The molecule has 0 saturated carbocycles. The predicted octanol–water partition coefficient (Wildman–Crippen LogP) is 2.89. The molecule has 0 bridgehead atoms. The number of rotatable bonds is 2. The average Bonchev–Trinajstić information content (AvgIpc) is 1.99. The fourth-order valence-electron chi connectivity index (χ4n) is 0.879. The van der Waals surface area contributed by atoms with Gasteiger partial charge in [-0.25, -0.2) is 4.79 Å². The molecule has 0 heterocycles. The average molecular weight is 332 g/mol. The molecule has 0 saturated heterocycles.